The highest BCUT2D eigenvalue weighted by molar-refractivity contribution is 8.15. The first-order valence-corrected chi connectivity index (χ1v) is 11.6. The molecule has 0 bridgehead atoms. The van der Waals surface area contributed by atoms with E-state index in [1.807, 2.05) is 41.9 Å². The second kappa shape index (κ2) is 8.97. The molecule has 1 fully saturated rings. The maximum atomic E-state index is 11.8. The summed E-state index contributed by atoms with van der Waals surface area (Å²) < 4.78 is 13.8. The van der Waals surface area contributed by atoms with E-state index in [0.29, 0.717) is 40.3 Å². The Labute approximate surface area is 204 Å². The van der Waals surface area contributed by atoms with Gasteiger partial charge in [0, 0.05) is 25.2 Å². The van der Waals surface area contributed by atoms with Crippen molar-refractivity contribution in [3.8, 4) is 17.2 Å². The third kappa shape index (κ3) is 4.79. The molecule has 1 atom stereocenters. The number of aryl methyl sites for hydroxylation is 1. The first-order chi connectivity index (χ1) is 16.8. The number of carbonyl (C=O) groups excluding carboxylic acids is 2. The minimum absolute atomic E-state index is 0.0149. The molecule has 1 aliphatic rings. The van der Waals surface area contributed by atoms with Gasteiger partial charge in [0.05, 0.1) is 11.0 Å². The zero-order valence-electron chi connectivity index (χ0n) is 18.7. The van der Waals surface area contributed by atoms with Crippen LogP contribution in [0.15, 0.2) is 66.7 Å². The Hall–Kier alpha value is -4.02. The standard InChI is InChI=1S/C25H22N4O5S/c1-29-21-12-19(34-18-8-4-16(26)5-9-18)10-11-20(21)27-22(29)14-33-17-6-2-15(3-7-17)13-25(32)23(30)28-24(31)35-25/h2-12,32H,13-14,26H2,1H3,(H,28,30,31). The fourth-order valence-electron chi connectivity index (χ4n) is 3.74. The van der Waals surface area contributed by atoms with Gasteiger partial charge in [0.2, 0.25) is 4.93 Å². The molecule has 0 aliphatic carbocycles. The number of amides is 2. The van der Waals surface area contributed by atoms with Crippen LogP contribution in [0.25, 0.3) is 11.0 Å². The van der Waals surface area contributed by atoms with Crippen LogP contribution in [0.5, 0.6) is 17.2 Å². The molecule has 4 N–H and O–H groups in total. The van der Waals surface area contributed by atoms with Crippen molar-refractivity contribution >= 4 is 39.6 Å². The number of hydrogen-bond donors (Lipinski definition) is 3. The first-order valence-electron chi connectivity index (χ1n) is 10.8. The lowest BCUT2D eigenvalue weighted by molar-refractivity contribution is -0.129. The number of thioether (sulfide) groups is 1. The maximum Gasteiger partial charge on any atom is 0.289 e. The molecule has 1 aliphatic heterocycles. The highest BCUT2D eigenvalue weighted by atomic mass is 32.2. The Morgan fingerprint density at radius 3 is 2.40 bits per heavy atom. The van der Waals surface area contributed by atoms with E-state index in [1.54, 1.807) is 36.4 Å². The van der Waals surface area contributed by atoms with E-state index in [4.69, 9.17) is 15.2 Å². The van der Waals surface area contributed by atoms with Gasteiger partial charge in [0.15, 0.2) is 0 Å². The Balaban J connectivity index is 1.25. The van der Waals surface area contributed by atoms with Crippen molar-refractivity contribution in [1.82, 2.24) is 14.9 Å². The van der Waals surface area contributed by atoms with Crippen molar-refractivity contribution in [2.75, 3.05) is 5.73 Å². The minimum atomic E-state index is -1.79. The van der Waals surface area contributed by atoms with E-state index in [9.17, 15) is 14.7 Å². The molecule has 10 heteroatoms. The molecule has 4 aromatic rings. The summed E-state index contributed by atoms with van der Waals surface area (Å²) in [6, 6.07) is 19.9. The summed E-state index contributed by atoms with van der Waals surface area (Å²) in [5, 5.41) is 11.9. The van der Waals surface area contributed by atoms with E-state index in [1.165, 1.54) is 0 Å². The number of fused-ring (bicyclic) bond motifs is 1. The van der Waals surface area contributed by atoms with E-state index in [2.05, 4.69) is 10.3 Å². The van der Waals surface area contributed by atoms with Gasteiger partial charge in [-0.15, -0.1) is 0 Å². The number of benzene rings is 3. The van der Waals surface area contributed by atoms with Crippen LogP contribution in [0.4, 0.5) is 10.5 Å². The monoisotopic (exact) mass is 490 g/mol. The first kappa shape index (κ1) is 22.8. The fraction of sp³-hybridized carbons (Fsp3) is 0.160. The van der Waals surface area contributed by atoms with Crippen molar-refractivity contribution in [2.45, 2.75) is 18.0 Å². The quantitative estimate of drug-likeness (QED) is 0.334. The number of hydrogen-bond acceptors (Lipinski definition) is 8. The zero-order chi connectivity index (χ0) is 24.6. The van der Waals surface area contributed by atoms with Crippen LogP contribution in [0.3, 0.4) is 0 Å². The van der Waals surface area contributed by atoms with Gasteiger partial charge < -0.3 is 24.9 Å². The lowest BCUT2D eigenvalue weighted by Gasteiger charge is -2.17. The highest BCUT2D eigenvalue weighted by Crippen LogP contribution is 2.33. The number of nitrogens with one attached hydrogen (secondary N) is 1. The molecule has 2 amide bonds. The van der Waals surface area contributed by atoms with Crippen LogP contribution in [0.1, 0.15) is 11.4 Å². The van der Waals surface area contributed by atoms with Crippen molar-refractivity contribution in [3.63, 3.8) is 0 Å². The Bertz CT molecular complexity index is 1420. The number of imidazole rings is 1. The fourth-order valence-corrected chi connectivity index (χ4v) is 4.58. The number of carbonyl (C=O) groups is 2. The second-order valence-corrected chi connectivity index (χ2v) is 9.40. The second-order valence-electron chi connectivity index (χ2n) is 8.15. The van der Waals surface area contributed by atoms with Crippen LogP contribution in [0.2, 0.25) is 0 Å². The topological polar surface area (TPSA) is 129 Å². The average Bonchev–Trinajstić information content (AvgIpc) is 3.28. The lowest BCUT2D eigenvalue weighted by Crippen LogP contribution is -2.38. The van der Waals surface area contributed by atoms with Crippen LogP contribution < -0.4 is 20.5 Å². The van der Waals surface area contributed by atoms with Gasteiger partial charge in [0.1, 0.15) is 29.7 Å². The number of aromatic nitrogens is 2. The molecule has 0 spiro atoms. The number of anilines is 1. The summed E-state index contributed by atoms with van der Waals surface area (Å²) in [6.07, 6.45) is 0.0149. The third-order valence-electron chi connectivity index (χ3n) is 5.63. The molecule has 5 rings (SSSR count). The molecule has 0 saturated carbocycles. The number of nitrogens with zero attached hydrogens (tertiary/aromatic N) is 2. The summed E-state index contributed by atoms with van der Waals surface area (Å²) in [5.74, 6) is 2.03. The Morgan fingerprint density at radius 1 is 1.03 bits per heavy atom. The van der Waals surface area contributed by atoms with Crippen molar-refractivity contribution in [3.05, 3.63) is 78.1 Å². The van der Waals surface area contributed by atoms with Crippen LogP contribution in [-0.2, 0) is 24.9 Å². The summed E-state index contributed by atoms with van der Waals surface area (Å²) in [6.45, 7) is 0.245. The van der Waals surface area contributed by atoms with Gasteiger partial charge in [-0.25, -0.2) is 4.98 Å². The van der Waals surface area contributed by atoms with Gasteiger partial charge in [-0.3, -0.25) is 14.9 Å². The van der Waals surface area contributed by atoms with E-state index in [0.717, 1.165) is 16.9 Å². The molecule has 9 nitrogen and oxygen atoms in total. The van der Waals surface area contributed by atoms with Crippen LogP contribution in [0, 0.1) is 0 Å². The molecular formula is C25H22N4O5S. The molecule has 2 heterocycles. The molecular weight excluding hydrogens is 468 g/mol. The van der Waals surface area contributed by atoms with Crippen LogP contribution >= 0.6 is 11.8 Å². The van der Waals surface area contributed by atoms with E-state index in [-0.39, 0.29) is 13.0 Å². The maximum absolute atomic E-state index is 11.8. The molecule has 3 aromatic carbocycles. The number of nitrogen functional groups attached to an aromatic ring is 1. The molecule has 35 heavy (non-hydrogen) atoms. The molecule has 1 saturated heterocycles. The predicted octanol–water partition coefficient (Wildman–Crippen LogP) is 3.74. The summed E-state index contributed by atoms with van der Waals surface area (Å²) >= 11 is 0.588. The van der Waals surface area contributed by atoms with Gasteiger partial charge in [-0.05, 0) is 65.9 Å². The van der Waals surface area contributed by atoms with Crippen molar-refractivity contribution in [1.29, 1.82) is 0 Å². The minimum Gasteiger partial charge on any atom is -0.486 e. The van der Waals surface area contributed by atoms with Gasteiger partial charge in [-0.2, -0.15) is 0 Å². The highest BCUT2D eigenvalue weighted by Gasteiger charge is 2.46. The smallest absolute Gasteiger partial charge is 0.289 e. The van der Waals surface area contributed by atoms with Gasteiger partial charge in [0.25, 0.3) is 11.1 Å². The normalized spacial score (nSPS) is 17.5. The zero-order valence-corrected chi connectivity index (χ0v) is 19.5. The summed E-state index contributed by atoms with van der Waals surface area (Å²) in [4.78, 5) is 26.1. The molecule has 178 valence electrons. The number of rotatable bonds is 7. The van der Waals surface area contributed by atoms with E-state index >= 15 is 0 Å². The Kier molecular flexibility index (Phi) is 5.83. The van der Waals surface area contributed by atoms with Crippen LogP contribution in [-0.4, -0.2) is 30.7 Å². The Morgan fingerprint density at radius 2 is 1.71 bits per heavy atom. The number of ether oxygens (including phenoxy) is 2. The number of nitrogens with two attached hydrogens (primary N) is 1. The average molecular weight is 491 g/mol. The SMILES string of the molecule is Cn1c(COc2ccc(CC3(O)SC(=O)NC3=O)cc2)nc2ccc(Oc3ccc(N)cc3)cc21. The molecule has 1 aromatic heterocycles. The number of aliphatic hydroxyl groups is 1. The largest absolute Gasteiger partial charge is 0.486 e. The number of imide groups is 1. The predicted molar refractivity (Wildman–Crippen MR) is 132 cm³/mol. The van der Waals surface area contributed by atoms with Gasteiger partial charge in [-0.1, -0.05) is 12.1 Å². The van der Waals surface area contributed by atoms with Crippen molar-refractivity contribution in [2.24, 2.45) is 7.05 Å². The lowest BCUT2D eigenvalue weighted by atomic mass is 10.1. The van der Waals surface area contributed by atoms with Crippen molar-refractivity contribution < 1.29 is 24.2 Å². The summed E-state index contributed by atoms with van der Waals surface area (Å²) in [5.41, 5.74) is 8.83. The van der Waals surface area contributed by atoms with E-state index < -0.39 is 16.1 Å². The molecule has 1 unspecified atom stereocenters. The van der Waals surface area contributed by atoms with Gasteiger partial charge >= 0.3 is 0 Å². The molecule has 0 radical (unpaired) electrons. The third-order valence-corrected chi connectivity index (χ3v) is 6.58. The summed E-state index contributed by atoms with van der Waals surface area (Å²) in [7, 11) is 1.91.